The van der Waals surface area contributed by atoms with Crippen molar-refractivity contribution in [3.8, 4) is 0 Å². The summed E-state index contributed by atoms with van der Waals surface area (Å²) >= 11 is 0. The van der Waals surface area contributed by atoms with E-state index in [0.29, 0.717) is 18.6 Å². The summed E-state index contributed by atoms with van der Waals surface area (Å²) in [5.41, 5.74) is 0.534. The smallest absolute Gasteiger partial charge is 0.323 e. The van der Waals surface area contributed by atoms with Crippen molar-refractivity contribution in [1.82, 2.24) is 5.32 Å². The fourth-order valence-electron chi connectivity index (χ4n) is 2.40. The van der Waals surface area contributed by atoms with Crippen molar-refractivity contribution in [3.63, 3.8) is 0 Å². The van der Waals surface area contributed by atoms with E-state index in [1.165, 1.54) is 12.1 Å². The molecule has 1 aromatic rings. The summed E-state index contributed by atoms with van der Waals surface area (Å²) in [5.74, 6) is -1.51. The number of nitrogens with one attached hydrogen (secondary N) is 1. The molecule has 1 fully saturated rings. The van der Waals surface area contributed by atoms with Gasteiger partial charge in [0.25, 0.3) is 0 Å². The highest BCUT2D eigenvalue weighted by Crippen LogP contribution is 2.27. The zero-order valence-corrected chi connectivity index (χ0v) is 10.8. The molecule has 0 spiro atoms. The fourth-order valence-corrected chi connectivity index (χ4v) is 2.40. The van der Waals surface area contributed by atoms with Crippen LogP contribution in [0, 0.1) is 11.6 Å². The van der Waals surface area contributed by atoms with E-state index in [2.05, 4.69) is 5.32 Å². The lowest BCUT2D eigenvalue weighted by Gasteiger charge is -2.30. The monoisotopic (exact) mass is 269 g/mol. The van der Waals surface area contributed by atoms with Crippen LogP contribution in [0.25, 0.3) is 0 Å². The van der Waals surface area contributed by atoms with E-state index in [0.717, 1.165) is 18.9 Å². The topological polar surface area (TPSA) is 38.3 Å². The van der Waals surface area contributed by atoms with Gasteiger partial charge >= 0.3 is 5.97 Å². The third-order valence-corrected chi connectivity index (χ3v) is 3.25. The summed E-state index contributed by atoms with van der Waals surface area (Å²) in [6.45, 7) is 2.08. The number of esters is 1. The molecule has 0 bridgehead atoms. The van der Waals surface area contributed by atoms with Crippen LogP contribution in [0.4, 0.5) is 8.78 Å². The maximum atomic E-state index is 13.2. The van der Waals surface area contributed by atoms with Crippen molar-refractivity contribution in [1.29, 1.82) is 0 Å². The summed E-state index contributed by atoms with van der Waals surface area (Å²) in [6.07, 6.45) is 2.26. The van der Waals surface area contributed by atoms with E-state index in [4.69, 9.17) is 4.74 Å². The van der Waals surface area contributed by atoms with Gasteiger partial charge in [0.2, 0.25) is 0 Å². The molecule has 0 radical (unpaired) electrons. The quantitative estimate of drug-likeness (QED) is 0.857. The van der Waals surface area contributed by atoms with Crippen molar-refractivity contribution >= 4 is 5.97 Å². The Hall–Kier alpha value is -1.49. The van der Waals surface area contributed by atoms with Crippen molar-refractivity contribution < 1.29 is 18.3 Å². The molecule has 3 nitrogen and oxygen atoms in total. The molecule has 2 rings (SSSR count). The Bertz CT molecular complexity index is 445. The molecule has 0 saturated carbocycles. The first-order valence-corrected chi connectivity index (χ1v) is 6.49. The molecule has 2 atom stereocenters. The first kappa shape index (κ1) is 13.9. The van der Waals surface area contributed by atoms with Gasteiger partial charge < -0.3 is 4.74 Å². The number of rotatable bonds is 3. The average Bonchev–Trinajstić information content (AvgIpc) is 2.38. The molecule has 1 saturated heterocycles. The van der Waals surface area contributed by atoms with Gasteiger partial charge in [-0.15, -0.1) is 0 Å². The molecule has 1 heterocycles. The second-order valence-corrected chi connectivity index (χ2v) is 4.66. The zero-order valence-electron chi connectivity index (χ0n) is 10.8. The third kappa shape index (κ3) is 3.50. The van der Waals surface area contributed by atoms with Gasteiger partial charge in [-0.05, 0) is 43.9 Å². The van der Waals surface area contributed by atoms with Crippen LogP contribution in [-0.4, -0.2) is 18.6 Å². The molecule has 104 valence electrons. The second-order valence-electron chi connectivity index (χ2n) is 4.66. The van der Waals surface area contributed by atoms with Gasteiger partial charge in [-0.3, -0.25) is 10.1 Å². The van der Waals surface area contributed by atoms with Gasteiger partial charge in [0.05, 0.1) is 6.61 Å². The summed E-state index contributed by atoms with van der Waals surface area (Å²) < 4.78 is 31.4. The fraction of sp³-hybridized carbons (Fsp3) is 0.500. The number of hydrogen-bond donors (Lipinski definition) is 1. The standard InChI is InChI=1S/C14H17F2NO2/c1-2-19-14(18)13-5-3-4-12(17-13)9-6-10(15)8-11(16)7-9/h6-8,12-13,17H,2-5H2,1H3/t12-,13+/m0/s1. The van der Waals surface area contributed by atoms with Crippen LogP contribution in [0.2, 0.25) is 0 Å². The van der Waals surface area contributed by atoms with E-state index in [-0.39, 0.29) is 12.0 Å². The van der Waals surface area contributed by atoms with Gasteiger partial charge in [-0.25, -0.2) is 8.78 Å². The first-order chi connectivity index (χ1) is 9.10. The molecule has 0 amide bonds. The van der Waals surface area contributed by atoms with Crippen LogP contribution >= 0.6 is 0 Å². The molecule has 1 aliphatic rings. The maximum Gasteiger partial charge on any atom is 0.323 e. The molecule has 1 aromatic carbocycles. The minimum absolute atomic E-state index is 0.214. The Morgan fingerprint density at radius 2 is 2.00 bits per heavy atom. The Kier molecular flexibility index (Phi) is 4.47. The van der Waals surface area contributed by atoms with E-state index in [1.807, 2.05) is 0 Å². The highest BCUT2D eigenvalue weighted by molar-refractivity contribution is 5.75. The number of benzene rings is 1. The van der Waals surface area contributed by atoms with Gasteiger partial charge in [-0.2, -0.15) is 0 Å². The Morgan fingerprint density at radius 3 is 2.63 bits per heavy atom. The lowest BCUT2D eigenvalue weighted by atomic mass is 9.93. The van der Waals surface area contributed by atoms with E-state index < -0.39 is 17.7 Å². The second kappa shape index (κ2) is 6.10. The van der Waals surface area contributed by atoms with E-state index >= 15 is 0 Å². The summed E-state index contributed by atoms with van der Waals surface area (Å²) in [5, 5.41) is 3.10. The Labute approximate surface area is 111 Å². The van der Waals surface area contributed by atoms with Crippen molar-refractivity contribution in [2.75, 3.05) is 6.61 Å². The lowest BCUT2D eigenvalue weighted by Crippen LogP contribution is -2.43. The summed E-state index contributed by atoms with van der Waals surface area (Å²) in [6, 6.07) is 2.83. The van der Waals surface area contributed by atoms with Crippen LogP contribution in [0.3, 0.4) is 0 Å². The predicted octanol–water partition coefficient (Wildman–Crippen LogP) is 2.71. The molecule has 5 heteroatoms. The molecule has 1 aliphatic heterocycles. The number of halogens is 2. The largest absolute Gasteiger partial charge is 0.465 e. The van der Waals surface area contributed by atoms with Gasteiger partial charge in [0.1, 0.15) is 17.7 Å². The van der Waals surface area contributed by atoms with Crippen molar-refractivity contribution in [2.24, 2.45) is 0 Å². The molecular weight excluding hydrogens is 252 g/mol. The number of ether oxygens (including phenoxy) is 1. The van der Waals surface area contributed by atoms with Crippen LogP contribution in [0.1, 0.15) is 37.8 Å². The summed E-state index contributed by atoms with van der Waals surface area (Å²) in [7, 11) is 0. The highest BCUT2D eigenvalue weighted by atomic mass is 19.1. The minimum Gasteiger partial charge on any atom is -0.465 e. The SMILES string of the molecule is CCOC(=O)[C@H]1CCC[C@@H](c2cc(F)cc(F)c2)N1. The number of piperidine rings is 1. The zero-order chi connectivity index (χ0) is 13.8. The molecule has 0 unspecified atom stereocenters. The minimum atomic E-state index is -0.602. The van der Waals surface area contributed by atoms with E-state index in [9.17, 15) is 13.6 Å². The number of carbonyl (C=O) groups is 1. The van der Waals surface area contributed by atoms with Crippen LogP contribution < -0.4 is 5.32 Å². The van der Waals surface area contributed by atoms with Crippen molar-refractivity contribution in [2.45, 2.75) is 38.3 Å². The Morgan fingerprint density at radius 1 is 1.32 bits per heavy atom. The Balaban J connectivity index is 2.10. The first-order valence-electron chi connectivity index (χ1n) is 6.49. The number of hydrogen-bond acceptors (Lipinski definition) is 3. The average molecular weight is 269 g/mol. The number of carbonyl (C=O) groups excluding carboxylic acids is 1. The highest BCUT2D eigenvalue weighted by Gasteiger charge is 2.28. The van der Waals surface area contributed by atoms with Gasteiger partial charge in [-0.1, -0.05) is 0 Å². The van der Waals surface area contributed by atoms with Crippen LogP contribution in [0.15, 0.2) is 18.2 Å². The van der Waals surface area contributed by atoms with Gasteiger partial charge in [0.15, 0.2) is 0 Å². The van der Waals surface area contributed by atoms with E-state index in [1.54, 1.807) is 6.92 Å². The molecule has 0 aliphatic carbocycles. The lowest BCUT2D eigenvalue weighted by molar-refractivity contribution is -0.146. The predicted molar refractivity (Wildman–Crippen MR) is 66.5 cm³/mol. The maximum absolute atomic E-state index is 13.2. The molecule has 19 heavy (non-hydrogen) atoms. The third-order valence-electron chi connectivity index (χ3n) is 3.25. The van der Waals surface area contributed by atoms with Crippen LogP contribution in [0.5, 0.6) is 0 Å². The molecule has 0 aromatic heterocycles. The molecular formula is C14H17F2NO2. The van der Waals surface area contributed by atoms with Crippen LogP contribution in [-0.2, 0) is 9.53 Å². The van der Waals surface area contributed by atoms with Crippen molar-refractivity contribution in [3.05, 3.63) is 35.4 Å². The summed E-state index contributed by atoms with van der Waals surface area (Å²) in [4.78, 5) is 11.7. The molecule has 1 N–H and O–H groups in total. The van der Waals surface area contributed by atoms with Gasteiger partial charge in [0, 0.05) is 12.1 Å². The normalized spacial score (nSPS) is 23.1.